The lowest BCUT2D eigenvalue weighted by Crippen LogP contribution is -2.47. The molecule has 0 radical (unpaired) electrons. The van der Waals surface area contributed by atoms with Gasteiger partial charge in [-0.2, -0.15) is 0 Å². The van der Waals surface area contributed by atoms with Crippen LogP contribution in [0.5, 0.6) is 0 Å². The van der Waals surface area contributed by atoms with E-state index in [4.69, 9.17) is 11.6 Å². The molecule has 2 heterocycles. The Hall–Kier alpha value is -0.420. The molecule has 0 bridgehead atoms. The van der Waals surface area contributed by atoms with Crippen LogP contribution in [0.15, 0.2) is 23.1 Å². The molecular formula is C17H24Cl2N2OS. The van der Waals surface area contributed by atoms with Crippen molar-refractivity contribution in [2.24, 2.45) is 5.41 Å². The number of likely N-dealkylation sites (tertiary alicyclic amines) is 1. The average Bonchev–Trinajstić information content (AvgIpc) is 2.56. The summed E-state index contributed by atoms with van der Waals surface area (Å²) in [6, 6.07) is 5.72. The van der Waals surface area contributed by atoms with Crippen LogP contribution in [-0.2, 0) is 0 Å². The molecule has 0 aliphatic carbocycles. The lowest BCUT2D eigenvalue weighted by atomic mass is 9.71. The van der Waals surface area contributed by atoms with Crippen LogP contribution in [-0.4, -0.2) is 43.2 Å². The Morgan fingerprint density at radius 3 is 2.48 bits per heavy atom. The third-order valence-electron chi connectivity index (χ3n) is 5.18. The summed E-state index contributed by atoms with van der Waals surface area (Å²) in [5, 5.41) is 4.00. The van der Waals surface area contributed by atoms with Gasteiger partial charge in [0.1, 0.15) is 0 Å². The molecule has 2 aliphatic heterocycles. The first kappa shape index (κ1) is 18.9. The number of hydrogen-bond donors (Lipinski definition) is 1. The smallest absolute Gasteiger partial charge is 0.255 e. The Bertz CT molecular complexity index is 552. The minimum absolute atomic E-state index is 0. The number of benzene rings is 1. The van der Waals surface area contributed by atoms with Gasteiger partial charge in [0.25, 0.3) is 5.91 Å². The van der Waals surface area contributed by atoms with Crippen molar-refractivity contribution in [2.45, 2.75) is 30.6 Å². The van der Waals surface area contributed by atoms with E-state index in [1.165, 1.54) is 12.8 Å². The molecule has 6 heteroatoms. The summed E-state index contributed by atoms with van der Waals surface area (Å²) in [5.74, 6) is 0.0877. The molecule has 128 valence electrons. The second-order valence-corrected chi connectivity index (χ2v) is 7.67. The van der Waals surface area contributed by atoms with E-state index in [0.717, 1.165) is 43.9 Å². The van der Waals surface area contributed by atoms with E-state index in [0.29, 0.717) is 16.0 Å². The molecule has 1 aromatic carbocycles. The minimum atomic E-state index is 0. The Labute approximate surface area is 153 Å². The summed E-state index contributed by atoms with van der Waals surface area (Å²) in [6.45, 7) is 3.96. The first-order valence-corrected chi connectivity index (χ1v) is 9.57. The molecule has 2 saturated heterocycles. The number of nitrogens with zero attached hydrogens (tertiary/aromatic N) is 1. The summed E-state index contributed by atoms with van der Waals surface area (Å²) in [7, 11) is 0. The summed E-state index contributed by atoms with van der Waals surface area (Å²) in [5.41, 5.74) is 1.11. The molecule has 1 spiro atoms. The Morgan fingerprint density at radius 2 is 1.87 bits per heavy atom. The summed E-state index contributed by atoms with van der Waals surface area (Å²) >= 11 is 7.88. The van der Waals surface area contributed by atoms with E-state index < -0.39 is 0 Å². The zero-order valence-electron chi connectivity index (χ0n) is 13.4. The summed E-state index contributed by atoms with van der Waals surface area (Å²) < 4.78 is 0. The molecule has 1 N–H and O–H groups in total. The van der Waals surface area contributed by atoms with Crippen molar-refractivity contribution in [1.82, 2.24) is 10.2 Å². The molecule has 2 aliphatic rings. The maximum absolute atomic E-state index is 12.8. The summed E-state index contributed by atoms with van der Waals surface area (Å²) in [6.07, 6.45) is 6.76. The third-order valence-corrected chi connectivity index (χ3v) is 6.23. The quantitative estimate of drug-likeness (QED) is 0.791. The zero-order valence-corrected chi connectivity index (χ0v) is 15.8. The fraction of sp³-hybridized carbons (Fsp3) is 0.588. The number of carbonyl (C=O) groups is 1. The topological polar surface area (TPSA) is 32.3 Å². The molecule has 1 amide bonds. The van der Waals surface area contributed by atoms with Gasteiger partial charge in [-0.3, -0.25) is 4.79 Å². The van der Waals surface area contributed by atoms with Crippen molar-refractivity contribution in [3.05, 3.63) is 28.8 Å². The van der Waals surface area contributed by atoms with Crippen LogP contribution in [0.4, 0.5) is 0 Å². The van der Waals surface area contributed by atoms with E-state index in [-0.39, 0.29) is 18.3 Å². The van der Waals surface area contributed by atoms with Crippen LogP contribution in [0, 0.1) is 5.41 Å². The standard InChI is InChI=1S/C17H23ClN2OS.ClH/c1-22-13-2-3-15(18)14(12-13)16(21)20-10-6-17(7-11-20)4-8-19-9-5-17;/h2-3,12,19H,4-11H2,1H3;1H. The van der Waals surface area contributed by atoms with E-state index in [1.807, 2.05) is 29.4 Å². The van der Waals surface area contributed by atoms with Gasteiger partial charge < -0.3 is 10.2 Å². The fourth-order valence-corrected chi connectivity index (χ4v) is 4.25. The lowest BCUT2D eigenvalue weighted by molar-refractivity contribution is 0.0495. The number of carbonyl (C=O) groups excluding carboxylic acids is 1. The fourth-order valence-electron chi connectivity index (χ4n) is 3.61. The molecule has 3 nitrogen and oxygen atoms in total. The highest BCUT2D eigenvalue weighted by Crippen LogP contribution is 2.40. The van der Waals surface area contributed by atoms with Crippen molar-refractivity contribution in [3.8, 4) is 0 Å². The van der Waals surface area contributed by atoms with E-state index in [1.54, 1.807) is 11.8 Å². The SMILES string of the molecule is CSc1ccc(Cl)c(C(=O)N2CCC3(CCNCC3)CC2)c1.Cl. The van der Waals surface area contributed by atoms with Gasteiger partial charge in [0.05, 0.1) is 10.6 Å². The van der Waals surface area contributed by atoms with Crippen molar-refractivity contribution >= 4 is 41.7 Å². The van der Waals surface area contributed by atoms with Crippen LogP contribution < -0.4 is 5.32 Å². The first-order chi connectivity index (χ1) is 10.6. The second kappa shape index (κ2) is 8.11. The zero-order chi connectivity index (χ0) is 15.6. The van der Waals surface area contributed by atoms with Gasteiger partial charge in [-0.25, -0.2) is 0 Å². The predicted molar refractivity (Wildman–Crippen MR) is 100 cm³/mol. The Balaban J connectivity index is 0.00000192. The van der Waals surface area contributed by atoms with Crippen LogP contribution in [0.3, 0.4) is 0 Å². The normalized spacial score (nSPS) is 20.2. The second-order valence-electron chi connectivity index (χ2n) is 6.39. The van der Waals surface area contributed by atoms with Gasteiger partial charge in [0.2, 0.25) is 0 Å². The van der Waals surface area contributed by atoms with Gasteiger partial charge >= 0.3 is 0 Å². The number of halogens is 2. The number of rotatable bonds is 2. The number of hydrogen-bond acceptors (Lipinski definition) is 3. The minimum Gasteiger partial charge on any atom is -0.339 e. The van der Waals surface area contributed by atoms with Crippen LogP contribution in [0.2, 0.25) is 5.02 Å². The van der Waals surface area contributed by atoms with Gasteiger partial charge in [0, 0.05) is 18.0 Å². The van der Waals surface area contributed by atoms with Gasteiger partial charge in [-0.1, -0.05) is 11.6 Å². The Morgan fingerprint density at radius 1 is 1.22 bits per heavy atom. The van der Waals surface area contributed by atoms with Crippen LogP contribution in [0.25, 0.3) is 0 Å². The maximum atomic E-state index is 12.8. The monoisotopic (exact) mass is 374 g/mol. The number of amides is 1. The highest BCUT2D eigenvalue weighted by molar-refractivity contribution is 7.98. The van der Waals surface area contributed by atoms with Gasteiger partial charge in [-0.15, -0.1) is 24.2 Å². The van der Waals surface area contributed by atoms with Crippen LogP contribution >= 0.6 is 35.8 Å². The van der Waals surface area contributed by atoms with Crippen molar-refractivity contribution in [3.63, 3.8) is 0 Å². The maximum Gasteiger partial charge on any atom is 0.255 e. The van der Waals surface area contributed by atoms with Crippen molar-refractivity contribution in [2.75, 3.05) is 32.4 Å². The van der Waals surface area contributed by atoms with Gasteiger partial charge in [-0.05, 0) is 68.6 Å². The Kier molecular flexibility index (Phi) is 6.66. The third kappa shape index (κ3) is 4.16. The summed E-state index contributed by atoms with van der Waals surface area (Å²) in [4.78, 5) is 15.8. The molecule has 23 heavy (non-hydrogen) atoms. The van der Waals surface area contributed by atoms with Crippen LogP contribution in [0.1, 0.15) is 36.0 Å². The highest BCUT2D eigenvalue weighted by Gasteiger charge is 2.37. The van der Waals surface area contributed by atoms with E-state index in [2.05, 4.69) is 5.32 Å². The molecule has 1 aromatic rings. The highest BCUT2D eigenvalue weighted by atomic mass is 35.5. The molecular weight excluding hydrogens is 351 g/mol. The molecule has 0 aromatic heterocycles. The van der Waals surface area contributed by atoms with E-state index in [9.17, 15) is 4.79 Å². The average molecular weight is 375 g/mol. The van der Waals surface area contributed by atoms with Crippen molar-refractivity contribution in [1.29, 1.82) is 0 Å². The molecule has 0 saturated carbocycles. The van der Waals surface area contributed by atoms with E-state index >= 15 is 0 Å². The molecule has 0 unspecified atom stereocenters. The first-order valence-electron chi connectivity index (χ1n) is 7.97. The van der Waals surface area contributed by atoms with Gasteiger partial charge in [0.15, 0.2) is 0 Å². The number of thioether (sulfide) groups is 1. The number of nitrogens with one attached hydrogen (secondary N) is 1. The lowest BCUT2D eigenvalue weighted by Gasteiger charge is -2.44. The number of piperidine rings is 2. The molecule has 3 rings (SSSR count). The van der Waals surface area contributed by atoms with Crippen molar-refractivity contribution < 1.29 is 4.79 Å². The largest absolute Gasteiger partial charge is 0.339 e. The molecule has 2 fully saturated rings. The predicted octanol–water partition coefficient (Wildman–Crippen LogP) is 4.09. The molecule has 0 atom stereocenters.